The first-order valence-electron chi connectivity index (χ1n) is 10.3. The van der Waals surface area contributed by atoms with Crippen molar-refractivity contribution in [3.8, 4) is 0 Å². The van der Waals surface area contributed by atoms with Gasteiger partial charge < -0.3 is 10.2 Å². The summed E-state index contributed by atoms with van der Waals surface area (Å²) in [5.41, 5.74) is 2.55. The summed E-state index contributed by atoms with van der Waals surface area (Å²) in [6.45, 7) is 6.41. The van der Waals surface area contributed by atoms with E-state index in [1.54, 1.807) is 17.7 Å². The molecule has 0 aromatic carbocycles. The average molecular weight is 394 g/mol. The van der Waals surface area contributed by atoms with Crippen molar-refractivity contribution in [3.05, 3.63) is 46.9 Å². The number of hydrogen-bond acceptors (Lipinski definition) is 6. The second-order valence-electron chi connectivity index (χ2n) is 8.22. The fourth-order valence-electron chi connectivity index (χ4n) is 4.42. The molecule has 1 saturated heterocycles. The van der Waals surface area contributed by atoms with E-state index in [1.807, 2.05) is 12.3 Å². The van der Waals surface area contributed by atoms with Crippen LogP contribution in [0, 0.1) is 19.8 Å². The Morgan fingerprint density at radius 3 is 2.68 bits per heavy atom. The molecule has 5 nitrogen and oxygen atoms in total. The molecule has 1 saturated carbocycles. The summed E-state index contributed by atoms with van der Waals surface area (Å²) >= 11 is 1.75. The van der Waals surface area contributed by atoms with E-state index in [1.165, 1.54) is 34.4 Å². The molecule has 1 atom stereocenters. The third-order valence-electron chi connectivity index (χ3n) is 6.08. The summed E-state index contributed by atoms with van der Waals surface area (Å²) in [5.74, 6) is 1.86. The minimum absolute atomic E-state index is 0.406. The van der Waals surface area contributed by atoms with Gasteiger partial charge in [0.2, 0.25) is 0 Å². The molecule has 2 fully saturated rings. The van der Waals surface area contributed by atoms with Gasteiger partial charge in [0.15, 0.2) is 0 Å². The van der Waals surface area contributed by atoms with Crippen molar-refractivity contribution in [1.29, 1.82) is 0 Å². The predicted octanol–water partition coefficient (Wildman–Crippen LogP) is 4.41. The Balaban J connectivity index is 1.28. The Hall–Kier alpha value is -2.05. The molecule has 0 bridgehead atoms. The fourth-order valence-corrected chi connectivity index (χ4v) is 5.26. The van der Waals surface area contributed by atoms with E-state index in [0.717, 1.165) is 42.5 Å². The van der Waals surface area contributed by atoms with Gasteiger partial charge >= 0.3 is 0 Å². The van der Waals surface area contributed by atoms with Crippen LogP contribution in [0.15, 0.2) is 30.7 Å². The lowest BCUT2D eigenvalue weighted by molar-refractivity contribution is 0.344. The number of pyridine rings is 1. The third-order valence-corrected chi connectivity index (χ3v) is 7.04. The molecular weight excluding hydrogens is 366 g/mol. The van der Waals surface area contributed by atoms with Crippen LogP contribution < -0.4 is 10.2 Å². The topological polar surface area (TPSA) is 53.9 Å². The largest absolute Gasteiger partial charge is 0.356 e. The molecule has 28 heavy (non-hydrogen) atoms. The van der Waals surface area contributed by atoms with Crippen molar-refractivity contribution in [3.63, 3.8) is 0 Å². The van der Waals surface area contributed by atoms with Crippen molar-refractivity contribution in [2.75, 3.05) is 18.0 Å². The zero-order valence-corrected chi connectivity index (χ0v) is 17.4. The van der Waals surface area contributed by atoms with Gasteiger partial charge in [-0.1, -0.05) is 6.07 Å². The molecule has 1 aliphatic carbocycles. The van der Waals surface area contributed by atoms with Crippen LogP contribution in [0.25, 0.3) is 10.2 Å². The minimum Gasteiger partial charge on any atom is -0.356 e. The number of thiophene rings is 1. The molecule has 3 aromatic rings. The van der Waals surface area contributed by atoms with Gasteiger partial charge in [0, 0.05) is 30.2 Å². The molecule has 4 heterocycles. The van der Waals surface area contributed by atoms with Crippen molar-refractivity contribution >= 4 is 27.4 Å². The summed E-state index contributed by atoms with van der Waals surface area (Å²) in [7, 11) is 0. The molecule has 5 rings (SSSR count). The van der Waals surface area contributed by atoms with Gasteiger partial charge in [0.1, 0.15) is 17.0 Å². The molecule has 1 aliphatic heterocycles. The van der Waals surface area contributed by atoms with Gasteiger partial charge in [0.05, 0.1) is 17.1 Å². The van der Waals surface area contributed by atoms with E-state index in [4.69, 9.17) is 4.98 Å². The number of nitrogens with one attached hydrogen (secondary N) is 1. The summed E-state index contributed by atoms with van der Waals surface area (Å²) in [5, 5.41) is 5.17. The second kappa shape index (κ2) is 7.41. The number of nitrogens with zero attached hydrogens (tertiary/aromatic N) is 4. The number of aryl methyl sites for hydroxylation is 2. The maximum absolute atomic E-state index is 4.72. The van der Waals surface area contributed by atoms with Crippen molar-refractivity contribution in [2.24, 2.45) is 5.92 Å². The van der Waals surface area contributed by atoms with Gasteiger partial charge in [-0.2, -0.15) is 0 Å². The van der Waals surface area contributed by atoms with Crippen molar-refractivity contribution < 1.29 is 0 Å². The fraction of sp³-hybridized carbons (Fsp3) is 0.500. The number of fused-ring (bicyclic) bond motifs is 1. The van der Waals surface area contributed by atoms with Crippen LogP contribution in [0.3, 0.4) is 0 Å². The van der Waals surface area contributed by atoms with E-state index < -0.39 is 0 Å². The Morgan fingerprint density at radius 1 is 1.11 bits per heavy atom. The van der Waals surface area contributed by atoms with Crippen LogP contribution in [0.5, 0.6) is 0 Å². The van der Waals surface area contributed by atoms with Crippen LogP contribution in [0.2, 0.25) is 0 Å². The highest BCUT2D eigenvalue weighted by atomic mass is 32.1. The normalized spacial score (nSPS) is 19.3. The molecule has 6 heteroatoms. The SMILES string of the molecule is Cc1cc2c(N3CCC(N[C@@H](c4ncccc4C)C4CC4)CC3)ncnc2s1. The van der Waals surface area contributed by atoms with E-state index >= 15 is 0 Å². The van der Waals surface area contributed by atoms with Gasteiger partial charge in [-0.3, -0.25) is 4.98 Å². The number of anilines is 1. The molecule has 0 amide bonds. The Bertz CT molecular complexity index is 972. The van der Waals surface area contributed by atoms with Crippen LogP contribution in [-0.2, 0) is 0 Å². The third kappa shape index (κ3) is 3.51. The summed E-state index contributed by atoms with van der Waals surface area (Å²) in [6, 6.07) is 7.40. The number of rotatable bonds is 5. The predicted molar refractivity (Wildman–Crippen MR) is 115 cm³/mol. The molecule has 0 unspecified atom stereocenters. The van der Waals surface area contributed by atoms with Crippen molar-refractivity contribution in [2.45, 2.75) is 51.6 Å². The standard InChI is InChI=1S/C22H27N5S/c1-14-4-3-9-23-19(14)20(16-5-6-16)26-17-7-10-27(11-8-17)21-18-12-15(2)28-22(18)25-13-24-21/h3-4,9,12-13,16-17,20,26H,5-8,10-11H2,1-2H3/t20-/m1/s1. The van der Waals surface area contributed by atoms with Crippen LogP contribution >= 0.6 is 11.3 Å². The van der Waals surface area contributed by atoms with Gasteiger partial charge in [-0.15, -0.1) is 11.3 Å². The summed E-state index contributed by atoms with van der Waals surface area (Å²) < 4.78 is 0. The summed E-state index contributed by atoms with van der Waals surface area (Å²) in [4.78, 5) is 18.6. The first-order valence-corrected chi connectivity index (χ1v) is 11.1. The van der Waals surface area contributed by atoms with Crippen LogP contribution in [0.1, 0.15) is 47.9 Å². The molecule has 0 spiro atoms. The highest BCUT2D eigenvalue weighted by molar-refractivity contribution is 7.18. The van der Waals surface area contributed by atoms with Gasteiger partial charge in [-0.25, -0.2) is 9.97 Å². The van der Waals surface area contributed by atoms with Crippen molar-refractivity contribution in [1.82, 2.24) is 20.3 Å². The molecule has 1 N–H and O–H groups in total. The highest BCUT2D eigenvalue weighted by Gasteiger charge is 2.36. The van der Waals surface area contributed by atoms with Crippen LogP contribution in [0.4, 0.5) is 5.82 Å². The summed E-state index contributed by atoms with van der Waals surface area (Å²) in [6.07, 6.45) is 8.58. The van der Waals surface area contributed by atoms with Gasteiger partial charge in [0.25, 0.3) is 0 Å². The molecule has 3 aromatic heterocycles. The lowest BCUT2D eigenvalue weighted by Gasteiger charge is -2.35. The number of piperidine rings is 1. The van der Waals surface area contributed by atoms with E-state index in [-0.39, 0.29) is 0 Å². The molecular formula is C22H27N5S. The van der Waals surface area contributed by atoms with E-state index in [9.17, 15) is 0 Å². The molecule has 146 valence electrons. The monoisotopic (exact) mass is 393 g/mol. The highest BCUT2D eigenvalue weighted by Crippen LogP contribution is 2.42. The van der Waals surface area contributed by atoms with Crippen LogP contribution in [-0.4, -0.2) is 34.1 Å². The average Bonchev–Trinajstić information content (AvgIpc) is 3.47. The quantitative estimate of drug-likeness (QED) is 0.696. The first-order chi connectivity index (χ1) is 13.7. The number of aromatic nitrogens is 3. The molecule has 2 aliphatic rings. The second-order valence-corrected chi connectivity index (χ2v) is 9.46. The lowest BCUT2D eigenvalue weighted by atomic mass is 9.98. The van der Waals surface area contributed by atoms with E-state index in [0.29, 0.717) is 12.1 Å². The van der Waals surface area contributed by atoms with Gasteiger partial charge in [-0.05, 0) is 63.1 Å². The first kappa shape index (κ1) is 18.0. The number of hydrogen-bond donors (Lipinski definition) is 1. The molecule has 0 radical (unpaired) electrons. The maximum atomic E-state index is 4.72. The zero-order valence-electron chi connectivity index (χ0n) is 16.6. The Morgan fingerprint density at radius 2 is 1.93 bits per heavy atom. The smallest absolute Gasteiger partial charge is 0.140 e. The lowest BCUT2D eigenvalue weighted by Crippen LogP contribution is -2.44. The maximum Gasteiger partial charge on any atom is 0.140 e. The Kier molecular flexibility index (Phi) is 4.77. The van der Waals surface area contributed by atoms with E-state index in [2.05, 4.69) is 46.2 Å². The Labute approximate surface area is 170 Å². The zero-order chi connectivity index (χ0) is 19.1. The minimum atomic E-state index is 0.406.